The standard InChI is InChI=1S/C19H14F3NO3/c1-11-9-13(23(2)18(25)19(20,21)22)7-8-14(11)15-10-12-5-3-4-6-16(12)26-17(15)24/h3-10H,1-2H3. The number of nitrogens with zero attached hydrogens (tertiary/aromatic N) is 1. The zero-order valence-electron chi connectivity index (χ0n) is 13.9. The van der Waals surface area contributed by atoms with Gasteiger partial charge in [0.15, 0.2) is 0 Å². The van der Waals surface area contributed by atoms with Gasteiger partial charge in [0.2, 0.25) is 0 Å². The molecule has 0 aliphatic rings. The van der Waals surface area contributed by atoms with Crippen LogP contribution >= 0.6 is 0 Å². The van der Waals surface area contributed by atoms with Crippen molar-refractivity contribution in [2.24, 2.45) is 0 Å². The molecule has 7 heteroatoms. The van der Waals surface area contributed by atoms with Crippen molar-refractivity contribution in [3.63, 3.8) is 0 Å². The van der Waals surface area contributed by atoms with Crippen LogP contribution < -0.4 is 10.5 Å². The maximum Gasteiger partial charge on any atom is 0.471 e. The first-order valence-electron chi connectivity index (χ1n) is 7.67. The summed E-state index contributed by atoms with van der Waals surface area (Å²) >= 11 is 0. The molecule has 0 saturated heterocycles. The average molecular weight is 361 g/mol. The van der Waals surface area contributed by atoms with Gasteiger partial charge in [-0.05, 0) is 42.3 Å². The van der Waals surface area contributed by atoms with Gasteiger partial charge in [-0.15, -0.1) is 0 Å². The number of benzene rings is 2. The average Bonchev–Trinajstić information content (AvgIpc) is 2.59. The minimum Gasteiger partial charge on any atom is -0.422 e. The molecular formula is C19H14F3NO3. The fourth-order valence-corrected chi connectivity index (χ4v) is 2.72. The Morgan fingerprint density at radius 1 is 1.04 bits per heavy atom. The van der Waals surface area contributed by atoms with Gasteiger partial charge in [0.25, 0.3) is 0 Å². The van der Waals surface area contributed by atoms with E-state index in [1.165, 1.54) is 18.2 Å². The van der Waals surface area contributed by atoms with E-state index < -0.39 is 17.7 Å². The summed E-state index contributed by atoms with van der Waals surface area (Å²) in [6.07, 6.45) is -4.96. The largest absolute Gasteiger partial charge is 0.471 e. The summed E-state index contributed by atoms with van der Waals surface area (Å²) in [6.45, 7) is 1.65. The number of hydrogen-bond acceptors (Lipinski definition) is 3. The first-order chi connectivity index (χ1) is 12.2. The van der Waals surface area contributed by atoms with E-state index in [1.807, 2.05) is 0 Å². The molecule has 3 aromatic rings. The van der Waals surface area contributed by atoms with E-state index in [0.29, 0.717) is 27.2 Å². The van der Waals surface area contributed by atoms with Gasteiger partial charge in [-0.1, -0.05) is 24.3 Å². The van der Waals surface area contributed by atoms with Crippen LogP contribution in [0, 0.1) is 6.92 Å². The molecule has 0 N–H and O–H groups in total. The minimum atomic E-state index is -4.96. The van der Waals surface area contributed by atoms with Crippen molar-refractivity contribution >= 4 is 22.6 Å². The molecule has 134 valence electrons. The molecule has 0 aliphatic carbocycles. The van der Waals surface area contributed by atoms with Crippen molar-refractivity contribution < 1.29 is 22.4 Å². The third kappa shape index (κ3) is 3.20. The zero-order valence-corrected chi connectivity index (χ0v) is 13.9. The number of aryl methyl sites for hydroxylation is 1. The molecule has 0 unspecified atom stereocenters. The number of rotatable bonds is 2. The number of halogens is 3. The van der Waals surface area contributed by atoms with Crippen molar-refractivity contribution in [2.45, 2.75) is 13.1 Å². The Bertz CT molecular complexity index is 1050. The quantitative estimate of drug-likeness (QED) is 0.640. The number of anilines is 1. The highest BCUT2D eigenvalue weighted by Crippen LogP contribution is 2.29. The molecule has 0 radical (unpaired) electrons. The monoisotopic (exact) mass is 361 g/mol. The predicted molar refractivity (Wildman–Crippen MR) is 92.1 cm³/mol. The molecule has 0 aliphatic heterocycles. The summed E-state index contributed by atoms with van der Waals surface area (Å²) in [5.74, 6) is -1.96. The molecule has 0 bridgehead atoms. The second-order valence-electron chi connectivity index (χ2n) is 5.85. The molecule has 1 amide bonds. The Morgan fingerprint density at radius 2 is 1.73 bits per heavy atom. The Labute approximate surface area is 146 Å². The topological polar surface area (TPSA) is 50.5 Å². The van der Waals surface area contributed by atoms with E-state index in [4.69, 9.17) is 4.42 Å². The molecule has 0 saturated carbocycles. The summed E-state index contributed by atoms with van der Waals surface area (Å²) in [6, 6.07) is 13.0. The van der Waals surface area contributed by atoms with Gasteiger partial charge >= 0.3 is 17.7 Å². The summed E-state index contributed by atoms with van der Waals surface area (Å²) in [5, 5.41) is 0.731. The summed E-state index contributed by atoms with van der Waals surface area (Å²) < 4.78 is 43.1. The highest BCUT2D eigenvalue weighted by Gasteiger charge is 2.41. The third-order valence-corrected chi connectivity index (χ3v) is 4.08. The molecule has 4 nitrogen and oxygen atoms in total. The fourth-order valence-electron chi connectivity index (χ4n) is 2.72. The van der Waals surface area contributed by atoms with Gasteiger partial charge in [0, 0.05) is 18.1 Å². The van der Waals surface area contributed by atoms with Gasteiger partial charge in [0.1, 0.15) is 5.58 Å². The van der Waals surface area contributed by atoms with E-state index in [-0.39, 0.29) is 5.69 Å². The lowest BCUT2D eigenvalue weighted by Gasteiger charge is -2.20. The predicted octanol–water partition coefficient (Wildman–Crippen LogP) is 4.29. The summed E-state index contributed by atoms with van der Waals surface area (Å²) in [5.41, 5.74) is 1.37. The Morgan fingerprint density at radius 3 is 2.38 bits per heavy atom. The minimum absolute atomic E-state index is 0.0822. The Balaban J connectivity index is 2.05. The number of hydrogen-bond donors (Lipinski definition) is 0. The fraction of sp³-hybridized carbons (Fsp3) is 0.158. The molecular weight excluding hydrogens is 347 g/mol. The van der Waals surface area contributed by atoms with Gasteiger partial charge in [-0.2, -0.15) is 13.2 Å². The van der Waals surface area contributed by atoms with Gasteiger partial charge in [-0.25, -0.2) is 4.79 Å². The zero-order chi connectivity index (χ0) is 19.1. The van der Waals surface area contributed by atoms with Crippen LogP contribution in [-0.4, -0.2) is 19.1 Å². The van der Waals surface area contributed by atoms with Crippen LogP contribution in [0.5, 0.6) is 0 Å². The maximum atomic E-state index is 12.6. The summed E-state index contributed by atoms with van der Waals surface area (Å²) in [7, 11) is 1.05. The van der Waals surface area contributed by atoms with Crippen LogP contribution in [0.25, 0.3) is 22.1 Å². The SMILES string of the molecule is Cc1cc(N(C)C(=O)C(F)(F)F)ccc1-c1cc2ccccc2oc1=O. The molecule has 0 spiro atoms. The first kappa shape index (κ1) is 17.7. The van der Waals surface area contributed by atoms with Crippen LogP contribution in [0.4, 0.5) is 18.9 Å². The van der Waals surface area contributed by atoms with Crippen molar-refractivity contribution in [3.8, 4) is 11.1 Å². The maximum absolute atomic E-state index is 12.6. The summed E-state index contributed by atoms with van der Waals surface area (Å²) in [4.78, 5) is 24.2. The molecule has 1 aromatic heterocycles. The highest BCUT2D eigenvalue weighted by atomic mass is 19.4. The number of carbonyl (C=O) groups excluding carboxylic acids is 1. The smallest absolute Gasteiger partial charge is 0.422 e. The van der Waals surface area contributed by atoms with Crippen molar-refractivity contribution in [3.05, 3.63) is 64.5 Å². The number of amides is 1. The molecule has 1 heterocycles. The molecule has 0 fully saturated rings. The normalized spacial score (nSPS) is 11.6. The Hall–Kier alpha value is -3.09. The van der Waals surface area contributed by atoms with E-state index in [2.05, 4.69) is 0 Å². The molecule has 2 aromatic carbocycles. The van der Waals surface area contributed by atoms with E-state index in [9.17, 15) is 22.8 Å². The third-order valence-electron chi connectivity index (χ3n) is 4.08. The second kappa shape index (κ2) is 6.33. The number of para-hydroxylation sites is 1. The van der Waals surface area contributed by atoms with Crippen LogP contribution in [0.3, 0.4) is 0 Å². The Kier molecular flexibility index (Phi) is 4.31. The van der Waals surface area contributed by atoms with Crippen LogP contribution in [0.2, 0.25) is 0 Å². The van der Waals surface area contributed by atoms with E-state index >= 15 is 0 Å². The van der Waals surface area contributed by atoms with Gasteiger partial charge < -0.3 is 9.32 Å². The number of carbonyl (C=O) groups is 1. The van der Waals surface area contributed by atoms with Crippen molar-refractivity contribution in [2.75, 3.05) is 11.9 Å². The van der Waals surface area contributed by atoms with Gasteiger partial charge in [0.05, 0.1) is 5.56 Å². The van der Waals surface area contributed by atoms with Crippen LogP contribution in [0.1, 0.15) is 5.56 Å². The van der Waals surface area contributed by atoms with Crippen molar-refractivity contribution in [1.82, 2.24) is 0 Å². The van der Waals surface area contributed by atoms with Crippen molar-refractivity contribution in [1.29, 1.82) is 0 Å². The lowest BCUT2D eigenvalue weighted by molar-refractivity contribution is -0.170. The van der Waals surface area contributed by atoms with E-state index in [0.717, 1.165) is 12.4 Å². The lowest BCUT2D eigenvalue weighted by atomic mass is 10.00. The molecule has 26 heavy (non-hydrogen) atoms. The van der Waals surface area contributed by atoms with E-state index in [1.54, 1.807) is 37.3 Å². The molecule has 3 rings (SSSR count). The van der Waals surface area contributed by atoms with Gasteiger partial charge in [-0.3, -0.25) is 4.79 Å². The van der Waals surface area contributed by atoms with Crippen LogP contribution in [0.15, 0.2) is 57.7 Å². The number of fused-ring (bicyclic) bond motifs is 1. The van der Waals surface area contributed by atoms with Crippen LogP contribution in [-0.2, 0) is 4.79 Å². The first-order valence-corrected chi connectivity index (χ1v) is 7.67. The second-order valence-corrected chi connectivity index (χ2v) is 5.85. The molecule has 0 atom stereocenters. The highest BCUT2D eigenvalue weighted by molar-refractivity contribution is 5.97. The lowest BCUT2D eigenvalue weighted by Crippen LogP contribution is -2.38. The number of alkyl halides is 3.